The molecule has 2 N–H and O–H groups in total. The Hall–Kier alpha value is -1.71. The van der Waals surface area contributed by atoms with Gasteiger partial charge in [-0.15, -0.1) is 0 Å². The maximum absolute atomic E-state index is 11.0. The van der Waals surface area contributed by atoms with E-state index in [-0.39, 0.29) is 5.41 Å². The van der Waals surface area contributed by atoms with Crippen LogP contribution in [0.25, 0.3) is 0 Å². The number of likely N-dealkylation sites (N-methyl/N-ethyl adjacent to an activating group) is 1. The lowest BCUT2D eigenvalue weighted by Crippen LogP contribution is -2.33. The Labute approximate surface area is 115 Å². The van der Waals surface area contributed by atoms with E-state index in [1.165, 1.54) is 10.5 Å². The van der Waals surface area contributed by atoms with Crippen LogP contribution in [0.3, 0.4) is 0 Å². The summed E-state index contributed by atoms with van der Waals surface area (Å²) in [4.78, 5) is 12.5. The number of amides is 2. The molecule has 0 aliphatic carbocycles. The van der Waals surface area contributed by atoms with Crippen molar-refractivity contribution in [2.45, 2.75) is 32.6 Å². The van der Waals surface area contributed by atoms with E-state index in [2.05, 4.69) is 32.9 Å². The molecule has 19 heavy (non-hydrogen) atoms. The van der Waals surface area contributed by atoms with Gasteiger partial charge in [0.2, 0.25) is 0 Å². The van der Waals surface area contributed by atoms with Crippen molar-refractivity contribution in [3.05, 3.63) is 29.3 Å². The predicted molar refractivity (Wildman–Crippen MR) is 77.6 cm³/mol. The highest BCUT2D eigenvalue weighted by atomic mass is 16.5. The highest BCUT2D eigenvalue weighted by molar-refractivity contribution is 5.71. The van der Waals surface area contributed by atoms with E-state index in [0.717, 1.165) is 17.7 Å². The first-order chi connectivity index (χ1) is 8.75. The van der Waals surface area contributed by atoms with Gasteiger partial charge in [-0.2, -0.15) is 0 Å². The van der Waals surface area contributed by atoms with Crippen molar-refractivity contribution in [1.82, 2.24) is 4.90 Å². The van der Waals surface area contributed by atoms with Gasteiger partial charge in [-0.05, 0) is 29.0 Å². The van der Waals surface area contributed by atoms with Gasteiger partial charge in [0, 0.05) is 13.6 Å². The van der Waals surface area contributed by atoms with Crippen LogP contribution in [0.4, 0.5) is 4.79 Å². The molecule has 0 radical (unpaired) electrons. The Bertz CT molecular complexity index is 450. The van der Waals surface area contributed by atoms with E-state index in [1.54, 1.807) is 14.2 Å². The monoisotopic (exact) mass is 264 g/mol. The van der Waals surface area contributed by atoms with E-state index >= 15 is 0 Å². The lowest BCUT2D eigenvalue weighted by atomic mass is 9.85. The summed E-state index contributed by atoms with van der Waals surface area (Å²) in [6.07, 6.45) is 0.729. The first-order valence-corrected chi connectivity index (χ1v) is 6.43. The molecule has 1 rings (SSSR count). The van der Waals surface area contributed by atoms with E-state index in [4.69, 9.17) is 10.5 Å². The molecular formula is C15H24N2O2. The molecule has 106 valence electrons. The zero-order chi connectivity index (χ0) is 14.6. The van der Waals surface area contributed by atoms with Crippen molar-refractivity contribution in [2.24, 2.45) is 5.73 Å². The van der Waals surface area contributed by atoms with Gasteiger partial charge in [-0.3, -0.25) is 0 Å². The number of carbonyl (C=O) groups is 1. The van der Waals surface area contributed by atoms with Crippen LogP contribution in [0, 0.1) is 0 Å². The second-order valence-electron chi connectivity index (χ2n) is 5.79. The summed E-state index contributed by atoms with van der Waals surface area (Å²) in [6, 6.07) is 5.81. The van der Waals surface area contributed by atoms with Crippen LogP contribution in [-0.2, 0) is 11.8 Å². The Morgan fingerprint density at radius 1 is 1.37 bits per heavy atom. The van der Waals surface area contributed by atoms with Gasteiger partial charge in [-0.1, -0.05) is 32.9 Å². The highest BCUT2D eigenvalue weighted by Gasteiger charge is 2.16. The third kappa shape index (κ3) is 4.16. The van der Waals surface area contributed by atoms with E-state index < -0.39 is 6.03 Å². The van der Waals surface area contributed by atoms with Crippen molar-refractivity contribution in [1.29, 1.82) is 0 Å². The minimum atomic E-state index is -0.411. The maximum Gasteiger partial charge on any atom is 0.314 e. The minimum Gasteiger partial charge on any atom is -0.496 e. The number of rotatable bonds is 4. The van der Waals surface area contributed by atoms with Crippen molar-refractivity contribution in [2.75, 3.05) is 20.7 Å². The van der Waals surface area contributed by atoms with Crippen LogP contribution < -0.4 is 10.5 Å². The topological polar surface area (TPSA) is 55.6 Å². The Morgan fingerprint density at radius 2 is 2.00 bits per heavy atom. The maximum atomic E-state index is 11.0. The van der Waals surface area contributed by atoms with Gasteiger partial charge >= 0.3 is 6.03 Å². The molecule has 1 aromatic carbocycles. The van der Waals surface area contributed by atoms with Crippen molar-refractivity contribution >= 4 is 6.03 Å². The molecule has 4 heteroatoms. The van der Waals surface area contributed by atoms with Gasteiger partial charge in [0.1, 0.15) is 5.75 Å². The molecule has 0 heterocycles. The fourth-order valence-corrected chi connectivity index (χ4v) is 1.84. The fourth-order valence-electron chi connectivity index (χ4n) is 1.84. The smallest absolute Gasteiger partial charge is 0.314 e. The number of hydrogen-bond donors (Lipinski definition) is 1. The van der Waals surface area contributed by atoms with E-state index in [0.29, 0.717) is 6.54 Å². The number of nitrogens with two attached hydrogens (primary N) is 1. The average Bonchev–Trinajstić information content (AvgIpc) is 2.34. The first-order valence-electron chi connectivity index (χ1n) is 6.43. The third-order valence-electron chi connectivity index (χ3n) is 3.24. The summed E-state index contributed by atoms with van der Waals surface area (Å²) in [5, 5.41) is 0. The third-order valence-corrected chi connectivity index (χ3v) is 3.24. The van der Waals surface area contributed by atoms with Gasteiger partial charge in [0.05, 0.1) is 7.11 Å². The number of carbonyl (C=O) groups excluding carboxylic acids is 1. The quantitative estimate of drug-likeness (QED) is 0.908. The van der Waals surface area contributed by atoms with E-state index in [9.17, 15) is 4.79 Å². The molecular weight excluding hydrogens is 240 g/mol. The molecule has 0 saturated carbocycles. The average molecular weight is 264 g/mol. The summed E-state index contributed by atoms with van der Waals surface area (Å²) in [5.41, 5.74) is 7.67. The number of ether oxygens (including phenoxy) is 1. The summed E-state index contributed by atoms with van der Waals surface area (Å²) < 4.78 is 5.37. The molecule has 0 fully saturated rings. The number of benzene rings is 1. The standard InChI is InChI=1S/C15H24N2O2/c1-15(2,3)12-6-7-13(19-5)11(10-12)8-9-17(4)14(16)18/h6-7,10H,8-9H2,1-5H3,(H2,16,18). The zero-order valence-electron chi connectivity index (χ0n) is 12.5. The molecule has 0 unspecified atom stereocenters. The molecule has 0 atom stereocenters. The van der Waals surface area contributed by atoms with Gasteiger partial charge < -0.3 is 15.4 Å². The van der Waals surface area contributed by atoms with Crippen LogP contribution in [0.15, 0.2) is 18.2 Å². The molecule has 0 aromatic heterocycles. The number of primary amides is 1. The molecule has 0 bridgehead atoms. The largest absolute Gasteiger partial charge is 0.496 e. The molecule has 0 spiro atoms. The molecule has 1 aromatic rings. The number of hydrogen-bond acceptors (Lipinski definition) is 2. The minimum absolute atomic E-state index is 0.0939. The predicted octanol–water partition coefficient (Wildman–Crippen LogP) is 2.55. The summed E-state index contributed by atoms with van der Waals surface area (Å²) in [5.74, 6) is 0.853. The van der Waals surface area contributed by atoms with Crippen molar-refractivity contribution < 1.29 is 9.53 Å². The first kappa shape index (κ1) is 15.3. The van der Waals surface area contributed by atoms with Crippen LogP contribution >= 0.6 is 0 Å². The second kappa shape index (κ2) is 5.95. The van der Waals surface area contributed by atoms with Crippen LogP contribution in [0.2, 0.25) is 0 Å². The highest BCUT2D eigenvalue weighted by Crippen LogP contribution is 2.28. The summed E-state index contributed by atoms with van der Waals surface area (Å²) in [6.45, 7) is 7.11. The fraction of sp³-hybridized carbons (Fsp3) is 0.533. The van der Waals surface area contributed by atoms with Crippen LogP contribution in [0.1, 0.15) is 31.9 Å². The van der Waals surface area contributed by atoms with Crippen molar-refractivity contribution in [3.63, 3.8) is 0 Å². The lowest BCUT2D eigenvalue weighted by molar-refractivity contribution is 0.219. The number of methoxy groups -OCH3 is 1. The normalized spacial score (nSPS) is 11.2. The molecule has 0 aliphatic heterocycles. The Kier molecular flexibility index (Phi) is 4.81. The molecule has 2 amide bonds. The second-order valence-corrected chi connectivity index (χ2v) is 5.79. The number of nitrogens with zero attached hydrogens (tertiary/aromatic N) is 1. The van der Waals surface area contributed by atoms with Crippen LogP contribution in [0.5, 0.6) is 5.75 Å². The SMILES string of the molecule is COc1ccc(C(C)(C)C)cc1CCN(C)C(N)=O. The van der Waals surface area contributed by atoms with Gasteiger partial charge in [0.25, 0.3) is 0 Å². The van der Waals surface area contributed by atoms with E-state index in [1.807, 2.05) is 6.07 Å². The number of urea groups is 1. The Morgan fingerprint density at radius 3 is 2.47 bits per heavy atom. The zero-order valence-corrected chi connectivity index (χ0v) is 12.5. The summed E-state index contributed by atoms with van der Waals surface area (Å²) >= 11 is 0. The Balaban J connectivity index is 2.94. The molecule has 0 saturated heterocycles. The molecule has 4 nitrogen and oxygen atoms in total. The summed E-state index contributed by atoms with van der Waals surface area (Å²) in [7, 11) is 3.36. The lowest BCUT2D eigenvalue weighted by Gasteiger charge is -2.22. The van der Waals surface area contributed by atoms with Crippen molar-refractivity contribution in [3.8, 4) is 5.75 Å². The van der Waals surface area contributed by atoms with Crippen LogP contribution in [-0.4, -0.2) is 31.6 Å². The van der Waals surface area contributed by atoms with Gasteiger partial charge in [-0.25, -0.2) is 4.79 Å². The van der Waals surface area contributed by atoms with Gasteiger partial charge in [0.15, 0.2) is 0 Å². The molecule has 0 aliphatic rings.